The molecule has 0 unspecified atom stereocenters. The minimum atomic E-state index is 0.297. The third-order valence-corrected chi connectivity index (χ3v) is 5.66. The molecule has 0 N–H and O–H groups in total. The van der Waals surface area contributed by atoms with Crippen LogP contribution >= 0.6 is 0 Å². The number of aromatic nitrogens is 1. The maximum Gasteiger partial charge on any atom is 0.236 e. The zero-order chi connectivity index (χ0) is 15.6. The van der Waals surface area contributed by atoms with E-state index in [4.69, 9.17) is 0 Å². The summed E-state index contributed by atoms with van der Waals surface area (Å²) in [5, 5.41) is 0. The van der Waals surface area contributed by atoms with Crippen LogP contribution in [-0.2, 0) is 17.8 Å². The Balaban J connectivity index is 1.27. The molecule has 1 aliphatic carbocycles. The van der Waals surface area contributed by atoms with Crippen LogP contribution in [0.25, 0.3) is 0 Å². The molecule has 0 aromatic carbocycles. The van der Waals surface area contributed by atoms with Crippen molar-refractivity contribution in [2.45, 2.75) is 38.3 Å². The summed E-state index contributed by atoms with van der Waals surface area (Å²) in [6, 6.07) is 4.93. The summed E-state index contributed by atoms with van der Waals surface area (Å²) in [6.07, 6.45) is 6.92. The largest absolute Gasteiger partial charge is 0.339 e. The summed E-state index contributed by atoms with van der Waals surface area (Å²) in [5.41, 5.74) is 2.48. The molecule has 1 amide bonds. The van der Waals surface area contributed by atoms with Crippen LogP contribution in [0, 0.1) is 0 Å². The molecule has 1 aromatic rings. The minimum Gasteiger partial charge on any atom is -0.339 e. The van der Waals surface area contributed by atoms with Crippen LogP contribution < -0.4 is 0 Å². The van der Waals surface area contributed by atoms with Gasteiger partial charge in [0.25, 0.3) is 0 Å². The highest BCUT2D eigenvalue weighted by atomic mass is 16.2. The second-order valence-corrected chi connectivity index (χ2v) is 7.07. The van der Waals surface area contributed by atoms with Gasteiger partial charge in [-0.3, -0.25) is 19.6 Å². The molecular weight excluding hydrogens is 288 g/mol. The lowest BCUT2D eigenvalue weighted by Crippen LogP contribution is -2.55. The van der Waals surface area contributed by atoms with Crippen molar-refractivity contribution in [3.05, 3.63) is 29.6 Å². The monoisotopic (exact) mass is 314 g/mol. The Morgan fingerprint density at radius 1 is 1.17 bits per heavy atom. The van der Waals surface area contributed by atoms with Gasteiger partial charge < -0.3 is 4.90 Å². The molecule has 4 rings (SSSR count). The van der Waals surface area contributed by atoms with Crippen LogP contribution in [-0.4, -0.2) is 70.9 Å². The number of hydrogen-bond acceptors (Lipinski definition) is 4. The standard InChI is InChI=1S/C18H26N4O/c23-18(22-11-9-21(10-12-22)16-4-1-5-16)14-20-8-6-17-15(13-20)3-2-7-19-17/h2-3,7,16H,1,4-6,8-14H2. The van der Waals surface area contributed by atoms with Crippen LogP contribution in [0.4, 0.5) is 0 Å². The zero-order valence-corrected chi connectivity index (χ0v) is 13.8. The molecule has 1 saturated heterocycles. The third-order valence-electron chi connectivity index (χ3n) is 5.66. The molecule has 0 radical (unpaired) electrons. The van der Waals surface area contributed by atoms with E-state index in [-0.39, 0.29) is 0 Å². The number of carbonyl (C=O) groups excluding carboxylic acids is 1. The van der Waals surface area contributed by atoms with Crippen molar-refractivity contribution in [2.75, 3.05) is 39.3 Å². The number of hydrogen-bond donors (Lipinski definition) is 0. The fraction of sp³-hybridized carbons (Fsp3) is 0.667. The Hall–Kier alpha value is -1.46. The van der Waals surface area contributed by atoms with E-state index >= 15 is 0 Å². The van der Waals surface area contributed by atoms with Gasteiger partial charge in [0.2, 0.25) is 5.91 Å². The zero-order valence-electron chi connectivity index (χ0n) is 13.8. The number of fused-ring (bicyclic) bond motifs is 1. The second-order valence-electron chi connectivity index (χ2n) is 7.07. The predicted octanol–water partition coefficient (Wildman–Crippen LogP) is 1.14. The lowest BCUT2D eigenvalue weighted by Gasteiger charge is -2.43. The van der Waals surface area contributed by atoms with E-state index in [9.17, 15) is 4.79 Å². The van der Waals surface area contributed by atoms with Gasteiger partial charge in [0.15, 0.2) is 0 Å². The van der Waals surface area contributed by atoms with E-state index in [1.807, 2.05) is 12.3 Å². The SMILES string of the molecule is O=C(CN1CCc2ncccc2C1)N1CCN(C2CCC2)CC1. The molecular formula is C18H26N4O. The van der Waals surface area contributed by atoms with Gasteiger partial charge in [0, 0.05) is 63.6 Å². The summed E-state index contributed by atoms with van der Waals surface area (Å²) < 4.78 is 0. The van der Waals surface area contributed by atoms with Crippen LogP contribution in [0.5, 0.6) is 0 Å². The van der Waals surface area contributed by atoms with Gasteiger partial charge >= 0.3 is 0 Å². The first-order chi connectivity index (χ1) is 11.3. The van der Waals surface area contributed by atoms with Crippen molar-refractivity contribution in [1.29, 1.82) is 0 Å². The first-order valence-corrected chi connectivity index (χ1v) is 8.96. The first kappa shape index (κ1) is 15.1. The first-order valence-electron chi connectivity index (χ1n) is 8.96. The highest BCUT2D eigenvalue weighted by Gasteiger charge is 2.30. The molecule has 1 saturated carbocycles. The number of piperazine rings is 1. The van der Waals surface area contributed by atoms with Gasteiger partial charge in [-0.2, -0.15) is 0 Å². The van der Waals surface area contributed by atoms with Crippen molar-refractivity contribution in [1.82, 2.24) is 19.7 Å². The third kappa shape index (κ3) is 3.26. The Morgan fingerprint density at radius 3 is 2.74 bits per heavy atom. The molecule has 1 aromatic heterocycles. The van der Waals surface area contributed by atoms with Gasteiger partial charge in [-0.15, -0.1) is 0 Å². The summed E-state index contributed by atoms with van der Waals surface area (Å²) in [4.78, 5) is 23.9. The van der Waals surface area contributed by atoms with E-state index in [0.717, 1.165) is 51.7 Å². The average molecular weight is 314 g/mol. The van der Waals surface area contributed by atoms with Crippen molar-refractivity contribution < 1.29 is 4.79 Å². The van der Waals surface area contributed by atoms with E-state index < -0.39 is 0 Å². The summed E-state index contributed by atoms with van der Waals surface area (Å²) in [5.74, 6) is 0.297. The lowest BCUT2D eigenvalue weighted by molar-refractivity contribution is -0.135. The number of rotatable bonds is 3. The Bertz CT molecular complexity index is 564. The van der Waals surface area contributed by atoms with E-state index in [1.54, 1.807) is 0 Å². The molecule has 23 heavy (non-hydrogen) atoms. The summed E-state index contributed by atoms with van der Waals surface area (Å²) >= 11 is 0. The van der Waals surface area contributed by atoms with Gasteiger partial charge in [-0.05, 0) is 24.5 Å². The maximum atomic E-state index is 12.6. The predicted molar refractivity (Wildman–Crippen MR) is 89.0 cm³/mol. The Morgan fingerprint density at radius 2 is 2.00 bits per heavy atom. The Labute approximate surface area is 138 Å². The van der Waals surface area contributed by atoms with Crippen molar-refractivity contribution in [3.8, 4) is 0 Å². The number of carbonyl (C=O) groups is 1. The van der Waals surface area contributed by atoms with Gasteiger partial charge in [0.1, 0.15) is 0 Å². The highest BCUT2D eigenvalue weighted by Crippen LogP contribution is 2.25. The molecule has 5 nitrogen and oxygen atoms in total. The van der Waals surface area contributed by atoms with Crippen molar-refractivity contribution in [2.24, 2.45) is 0 Å². The van der Waals surface area contributed by atoms with E-state index in [0.29, 0.717) is 12.5 Å². The molecule has 2 aliphatic heterocycles. The molecule has 3 aliphatic rings. The molecule has 3 heterocycles. The molecule has 2 fully saturated rings. The molecule has 5 heteroatoms. The van der Waals surface area contributed by atoms with Crippen LogP contribution in [0.15, 0.2) is 18.3 Å². The number of pyridine rings is 1. The van der Waals surface area contributed by atoms with E-state index in [1.165, 1.54) is 30.5 Å². The molecule has 0 bridgehead atoms. The number of nitrogens with zero attached hydrogens (tertiary/aromatic N) is 4. The highest BCUT2D eigenvalue weighted by molar-refractivity contribution is 5.78. The van der Waals surface area contributed by atoms with Crippen molar-refractivity contribution >= 4 is 5.91 Å². The quantitative estimate of drug-likeness (QED) is 0.839. The topological polar surface area (TPSA) is 39.7 Å². The van der Waals surface area contributed by atoms with Crippen LogP contribution in [0.3, 0.4) is 0 Å². The minimum absolute atomic E-state index is 0.297. The number of amides is 1. The molecule has 0 spiro atoms. The summed E-state index contributed by atoms with van der Waals surface area (Å²) in [6.45, 7) is 6.28. The molecule has 124 valence electrons. The average Bonchev–Trinajstić information content (AvgIpc) is 2.54. The smallest absolute Gasteiger partial charge is 0.236 e. The van der Waals surface area contributed by atoms with Gasteiger partial charge in [-0.25, -0.2) is 0 Å². The van der Waals surface area contributed by atoms with Crippen LogP contribution in [0.2, 0.25) is 0 Å². The second kappa shape index (κ2) is 6.57. The van der Waals surface area contributed by atoms with E-state index in [2.05, 4.69) is 25.8 Å². The molecule has 0 atom stereocenters. The van der Waals surface area contributed by atoms with Crippen LogP contribution in [0.1, 0.15) is 30.5 Å². The maximum absolute atomic E-state index is 12.6. The fourth-order valence-corrected chi connectivity index (χ4v) is 3.94. The van der Waals surface area contributed by atoms with Gasteiger partial charge in [0.05, 0.1) is 6.54 Å². The fourth-order valence-electron chi connectivity index (χ4n) is 3.94. The lowest BCUT2D eigenvalue weighted by atomic mass is 9.91. The normalized spacial score (nSPS) is 23.4. The summed E-state index contributed by atoms with van der Waals surface area (Å²) in [7, 11) is 0. The van der Waals surface area contributed by atoms with Crippen molar-refractivity contribution in [3.63, 3.8) is 0 Å². The Kier molecular flexibility index (Phi) is 4.31. The van der Waals surface area contributed by atoms with Gasteiger partial charge in [-0.1, -0.05) is 12.5 Å².